The molecule has 0 aliphatic heterocycles. The summed E-state index contributed by atoms with van der Waals surface area (Å²) in [5.41, 5.74) is 3.66. The summed E-state index contributed by atoms with van der Waals surface area (Å²) in [6.07, 6.45) is 7.74. The highest BCUT2D eigenvalue weighted by atomic mass is 19.1. The minimum absolute atomic E-state index is 0.0614. The maximum Gasteiger partial charge on any atom is 0.253 e. The second kappa shape index (κ2) is 16.9. The molecule has 2 aromatic heterocycles. The highest BCUT2D eigenvalue weighted by Crippen LogP contribution is 2.36. The molecular weight excluding hydrogens is 727 g/mol. The van der Waals surface area contributed by atoms with Crippen molar-refractivity contribution in [2.45, 2.75) is 111 Å². The summed E-state index contributed by atoms with van der Waals surface area (Å²) < 4.78 is 29.9. The second-order valence-corrected chi connectivity index (χ2v) is 16.7. The van der Waals surface area contributed by atoms with Gasteiger partial charge in [0.1, 0.15) is 11.6 Å². The molecule has 4 aromatic rings. The molecule has 12 heteroatoms. The average molecular weight is 779 g/mol. The van der Waals surface area contributed by atoms with Crippen LogP contribution in [0.15, 0.2) is 60.9 Å². The predicted octanol–water partition coefficient (Wildman–Crippen LogP) is 7.87. The quantitative estimate of drug-likeness (QED) is 0.103. The lowest BCUT2D eigenvalue weighted by Gasteiger charge is -2.28. The zero-order valence-electron chi connectivity index (χ0n) is 33.7. The molecule has 2 fully saturated rings. The molecular formula is C45H52F2N6O4. The van der Waals surface area contributed by atoms with E-state index in [2.05, 4.69) is 31.2 Å². The van der Waals surface area contributed by atoms with Crippen LogP contribution in [0.25, 0.3) is 22.5 Å². The fourth-order valence-corrected chi connectivity index (χ4v) is 6.58. The summed E-state index contributed by atoms with van der Waals surface area (Å²) in [5, 5.41) is 12.0. The van der Waals surface area contributed by atoms with Crippen LogP contribution in [0.5, 0.6) is 0 Å². The standard InChI is InChI=1S/C45H52F2N6O4/c1-8-32(51-42(55)29-11-16-39(49-23-29)34-17-30(19-36(46)24(34)2)43(56)52-33-13-14-33)12-9-27-21-40(27)53-44(57)31-18-35(25(3)37(47)20-31)38-15-10-28(22-48-38)41(54)50-26(4)45(5,6)7/h10-11,15-20,22-23,26-27,32-33,40H,8-9,12-14,21H2,1-7H3,(H,50,54)(H,51,55)(H,52,56)(H,53,57). The highest BCUT2D eigenvalue weighted by molar-refractivity contribution is 5.98. The minimum Gasteiger partial charge on any atom is -0.349 e. The van der Waals surface area contributed by atoms with E-state index in [4.69, 9.17) is 0 Å². The Kier molecular flexibility index (Phi) is 12.2. The Morgan fingerprint density at radius 3 is 1.70 bits per heavy atom. The first-order valence-corrected chi connectivity index (χ1v) is 19.8. The van der Waals surface area contributed by atoms with Gasteiger partial charge in [0.05, 0.1) is 22.5 Å². The molecule has 0 bridgehead atoms. The molecule has 6 rings (SSSR count). The van der Waals surface area contributed by atoms with E-state index >= 15 is 4.39 Å². The molecule has 0 spiro atoms. The van der Waals surface area contributed by atoms with Crippen LogP contribution in [0, 0.1) is 36.8 Å². The van der Waals surface area contributed by atoms with Gasteiger partial charge in [-0.15, -0.1) is 0 Å². The van der Waals surface area contributed by atoms with Gasteiger partial charge in [-0.3, -0.25) is 29.1 Å². The van der Waals surface area contributed by atoms with Gasteiger partial charge in [-0.2, -0.15) is 0 Å². The first-order chi connectivity index (χ1) is 27.0. The number of hydrogen-bond donors (Lipinski definition) is 4. The molecule has 4 unspecified atom stereocenters. The molecule has 2 aliphatic rings. The number of nitrogens with one attached hydrogen (secondary N) is 4. The molecule has 57 heavy (non-hydrogen) atoms. The third-order valence-corrected chi connectivity index (χ3v) is 11.3. The number of aromatic nitrogens is 2. The van der Waals surface area contributed by atoms with Crippen molar-refractivity contribution in [3.63, 3.8) is 0 Å². The van der Waals surface area contributed by atoms with Gasteiger partial charge >= 0.3 is 0 Å². The van der Waals surface area contributed by atoms with Crippen molar-refractivity contribution in [2.75, 3.05) is 0 Å². The third-order valence-electron chi connectivity index (χ3n) is 11.3. The molecule has 0 saturated heterocycles. The fourth-order valence-electron chi connectivity index (χ4n) is 6.58. The summed E-state index contributed by atoms with van der Waals surface area (Å²) in [6, 6.07) is 12.3. The third kappa shape index (κ3) is 10.1. The molecule has 2 heterocycles. The van der Waals surface area contributed by atoms with Crippen LogP contribution in [0.1, 0.15) is 126 Å². The van der Waals surface area contributed by atoms with Crippen LogP contribution in [-0.4, -0.2) is 57.8 Å². The summed E-state index contributed by atoms with van der Waals surface area (Å²) in [6.45, 7) is 13.3. The van der Waals surface area contributed by atoms with Gasteiger partial charge in [-0.05, 0) is 130 Å². The Morgan fingerprint density at radius 1 is 0.737 bits per heavy atom. The van der Waals surface area contributed by atoms with Crippen molar-refractivity contribution in [1.29, 1.82) is 0 Å². The molecule has 2 aromatic carbocycles. The average Bonchev–Trinajstić information content (AvgIpc) is 4.13. The maximum absolute atomic E-state index is 15.1. The number of benzene rings is 2. The Morgan fingerprint density at radius 2 is 1.25 bits per heavy atom. The number of pyridine rings is 2. The van der Waals surface area contributed by atoms with Crippen molar-refractivity contribution >= 4 is 23.6 Å². The lowest BCUT2D eigenvalue weighted by Crippen LogP contribution is -2.41. The van der Waals surface area contributed by atoms with E-state index in [-0.39, 0.29) is 70.3 Å². The summed E-state index contributed by atoms with van der Waals surface area (Å²) in [7, 11) is 0. The SMILES string of the molecule is CCC(CCC1CC1NC(=O)c1cc(F)c(C)c(-c2ccc(C(=O)NC(C)C(C)(C)C)cn2)c1)NC(=O)c1ccc(-c2cc(C(=O)NC3CC3)cc(F)c2C)nc1. The van der Waals surface area contributed by atoms with Gasteiger partial charge < -0.3 is 21.3 Å². The number of halogens is 2. The van der Waals surface area contributed by atoms with Gasteiger partial charge in [0.2, 0.25) is 0 Å². The van der Waals surface area contributed by atoms with Crippen molar-refractivity contribution in [3.8, 4) is 22.5 Å². The normalized spacial score (nSPS) is 17.3. The van der Waals surface area contributed by atoms with Gasteiger partial charge in [0.25, 0.3) is 23.6 Å². The number of nitrogens with zero attached hydrogens (tertiary/aromatic N) is 2. The van der Waals surface area contributed by atoms with Crippen molar-refractivity contribution in [3.05, 3.63) is 106 Å². The van der Waals surface area contributed by atoms with Gasteiger partial charge in [-0.25, -0.2) is 8.78 Å². The van der Waals surface area contributed by atoms with Crippen LogP contribution in [0.3, 0.4) is 0 Å². The van der Waals surface area contributed by atoms with E-state index in [0.717, 1.165) is 25.7 Å². The fraction of sp³-hybridized carbons (Fsp3) is 0.422. The molecule has 300 valence electrons. The van der Waals surface area contributed by atoms with Crippen molar-refractivity contribution in [2.24, 2.45) is 11.3 Å². The molecule has 10 nitrogen and oxygen atoms in total. The van der Waals surface area contributed by atoms with Crippen LogP contribution in [0.2, 0.25) is 0 Å². The minimum atomic E-state index is -0.523. The van der Waals surface area contributed by atoms with E-state index < -0.39 is 11.6 Å². The summed E-state index contributed by atoms with van der Waals surface area (Å²) in [4.78, 5) is 60.7. The molecule has 2 saturated carbocycles. The van der Waals surface area contributed by atoms with Crippen LogP contribution >= 0.6 is 0 Å². The summed E-state index contributed by atoms with van der Waals surface area (Å²) in [5.74, 6) is -2.01. The van der Waals surface area contributed by atoms with E-state index in [1.54, 1.807) is 50.2 Å². The number of hydrogen-bond acceptors (Lipinski definition) is 6. The van der Waals surface area contributed by atoms with Crippen molar-refractivity contribution < 1.29 is 28.0 Å². The van der Waals surface area contributed by atoms with Crippen LogP contribution in [-0.2, 0) is 0 Å². The zero-order chi connectivity index (χ0) is 41.2. The Bertz CT molecular complexity index is 2160. The summed E-state index contributed by atoms with van der Waals surface area (Å²) >= 11 is 0. The number of carbonyl (C=O) groups is 4. The number of amides is 4. The largest absolute Gasteiger partial charge is 0.349 e. The van der Waals surface area contributed by atoms with E-state index in [1.807, 2.05) is 34.6 Å². The Balaban J connectivity index is 1.01. The van der Waals surface area contributed by atoms with Gasteiger partial charge in [0.15, 0.2) is 0 Å². The molecule has 4 amide bonds. The van der Waals surface area contributed by atoms with E-state index in [9.17, 15) is 23.6 Å². The lowest BCUT2D eigenvalue weighted by atomic mass is 9.88. The zero-order valence-corrected chi connectivity index (χ0v) is 33.7. The van der Waals surface area contributed by atoms with Gasteiger partial charge in [-0.1, -0.05) is 27.7 Å². The maximum atomic E-state index is 15.1. The monoisotopic (exact) mass is 778 g/mol. The Hall–Kier alpha value is -5.52. The van der Waals surface area contributed by atoms with E-state index in [1.165, 1.54) is 24.5 Å². The number of carbonyl (C=O) groups excluding carboxylic acids is 4. The first-order valence-electron chi connectivity index (χ1n) is 19.8. The molecule has 4 atom stereocenters. The molecule has 0 radical (unpaired) electrons. The lowest BCUT2D eigenvalue weighted by molar-refractivity contribution is 0.0906. The first kappa shape index (κ1) is 41.1. The predicted molar refractivity (Wildman–Crippen MR) is 216 cm³/mol. The smallest absolute Gasteiger partial charge is 0.253 e. The highest BCUT2D eigenvalue weighted by Gasteiger charge is 2.38. The van der Waals surface area contributed by atoms with Crippen molar-refractivity contribution in [1.82, 2.24) is 31.2 Å². The van der Waals surface area contributed by atoms with Gasteiger partial charge in [0, 0.05) is 58.8 Å². The molecule has 4 N–H and O–H groups in total. The van der Waals surface area contributed by atoms with Crippen LogP contribution < -0.4 is 21.3 Å². The van der Waals surface area contributed by atoms with Crippen LogP contribution in [0.4, 0.5) is 8.78 Å². The Labute approximate surface area is 333 Å². The molecule has 2 aliphatic carbocycles. The number of rotatable bonds is 14. The van der Waals surface area contributed by atoms with E-state index in [0.29, 0.717) is 57.6 Å². The topological polar surface area (TPSA) is 142 Å². The second-order valence-electron chi connectivity index (χ2n) is 16.7.